The van der Waals surface area contributed by atoms with Crippen LogP contribution in [0.5, 0.6) is 0 Å². The molecule has 0 amide bonds. The zero-order chi connectivity index (χ0) is 6.69. The topological polar surface area (TPSA) is 34.1 Å². The molecular formula is C4H6O2P2S+2. The van der Waals surface area contributed by atoms with Gasteiger partial charge in [0.05, 0.1) is 5.75 Å². The summed E-state index contributed by atoms with van der Waals surface area (Å²) in [5, 5.41) is 2.69. The van der Waals surface area contributed by atoms with Crippen LogP contribution in [0.4, 0.5) is 0 Å². The van der Waals surface area contributed by atoms with E-state index in [9.17, 15) is 9.13 Å². The molecule has 0 saturated carbocycles. The Bertz CT molecular complexity index is 168. The molecule has 48 valence electrons. The van der Waals surface area contributed by atoms with Crippen molar-refractivity contribution in [2.75, 3.05) is 5.75 Å². The van der Waals surface area contributed by atoms with Gasteiger partial charge in [0.2, 0.25) is 11.0 Å². The SMILES string of the molecule is O=[PH+]C1=CSCC1[PH+]=O. The minimum atomic E-state index is -0.404. The predicted molar refractivity (Wildman–Crippen MR) is 42.3 cm³/mol. The third-order valence-corrected chi connectivity index (χ3v) is 4.38. The highest BCUT2D eigenvalue weighted by Gasteiger charge is 2.32. The molecule has 9 heavy (non-hydrogen) atoms. The minimum absolute atomic E-state index is 0.0748. The van der Waals surface area contributed by atoms with Gasteiger partial charge in [0.15, 0.2) is 0 Å². The number of hydrogen-bond acceptors (Lipinski definition) is 3. The molecule has 0 aromatic heterocycles. The second kappa shape index (κ2) is 3.46. The highest BCUT2D eigenvalue weighted by molar-refractivity contribution is 8.02. The van der Waals surface area contributed by atoms with Crippen LogP contribution >= 0.6 is 28.7 Å². The van der Waals surface area contributed by atoms with E-state index < -0.39 is 8.46 Å². The third-order valence-electron chi connectivity index (χ3n) is 1.11. The normalized spacial score (nSPS) is 27.1. The zero-order valence-corrected chi connectivity index (χ0v) is 7.40. The maximum atomic E-state index is 10.3. The zero-order valence-electron chi connectivity index (χ0n) is 4.59. The van der Waals surface area contributed by atoms with Crippen molar-refractivity contribution in [2.45, 2.75) is 5.66 Å². The molecule has 0 radical (unpaired) electrons. The molecule has 1 aliphatic heterocycles. The molecule has 0 aromatic rings. The molecule has 1 rings (SSSR count). The van der Waals surface area contributed by atoms with E-state index in [1.165, 1.54) is 0 Å². The Labute approximate surface area is 60.5 Å². The van der Waals surface area contributed by atoms with E-state index in [1.807, 2.05) is 5.41 Å². The standard InChI is InChI=1S/C4H4O2P2S/c5-7-3-1-9-2-4(3)8-6/h1,4H,2H2/p+2. The van der Waals surface area contributed by atoms with Crippen LogP contribution < -0.4 is 0 Å². The first-order valence-electron chi connectivity index (χ1n) is 2.46. The lowest BCUT2D eigenvalue weighted by Gasteiger charge is -1.79. The molecule has 0 bridgehead atoms. The third kappa shape index (κ3) is 1.61. The Morgan fingerprint density at radius 2 is 2.44 bits per heavy atom. The van der Waals surface area contributed by atoms with Gasteiger partial charge in [-0.2, -0.15) is 0 Å². The summed E-state index contributed by atoms with van der Waals surface area (Å²) >= 11 is 1.59. The molecule has 0 aliphatic carbocycles. The lowest BCUT2D eigenvalue weighted by Crippen LogP contribution is -1.94. The number of thioether (sulfide) groups is 1. The van der Waals surface area contributed by atoms with Crippen molar-refractivity contribution in [3.63, 3.8) is 0 Å². The fourth-order valence-corrected chi connectivity index (χ4v) is 3.49. The van der Waals surface area contributed by atoms with Crippen molar-refractivity contribution >= 4 is 28.7 Å². The van der Waals surface area contributed by atoms with Gasteiger partial charge in [-0.15, -0.1) is 11.8 Å². The fourth-order valence-electron chi connectivity index (χ4n) is 0.599. The lowest BCUT2D eigenvalue weighted by atomic mass is 10.5. The molecule has 1 aliphatic rings. The van der Waals surface area contributed by atoms with Crippen LogP contribution in [0.15, 0.2) is 10.7 Å². The van der Waals surface area contributed by atoms with Crippen LogP contribution in [-0.2, 0) is 9.13 Å². The van der Waals surface area contributed by atoms with Gasteiger partial charge in [-0.1, -0.05) is 9.13 Å². The van der Waals surface area contributed by atoms with Crippen molar-refractivity contribution in [2.24, 2.45) is 0 Å². The maximum absolute atomic E-state index is 10.3. The average molecular weight is 180 g/mol. The maximum Gasteiger partial charge on any atom is 0.364 e. The first-order chi connectivity index (χ1) is 4.38. The summed E-state index contributed by atoms with van der Waals surface area (Å²) < 4.78 is 20.7. The summed E-state index contributed by atoms with van der Waals surface area (Å²) in [4.78, 5) is 0. The number of allylic oxidation sites excluding steroid dienone is 1. The molecule has 0 spiro atoms. The van der Waals surface area contributed by atoms with Crippen LogP contribution in [0.3, 0.4) is 0 Å². The highest BCUT2D eigenvalue weighted by Crippen LogP contribution is 2.36. The second-order valence-corrected chi connectivity index (χ2v) is 4.30. The summed E-state index contributed by atoms with van der Waals surface area (Å²) in [6, 6.07) is 0. The van der Waals surface area contributed by atoms with Crippen molar-refractivity contribution in [3.05, 3.63) is 10.7 Å². The van der Waals surface area contributed by atoms with Crippen LogP contribution in [0.1, 0.15) is 0 Å². The van der Waals surface area contributed by atoms with E-state index in [2.05, 4.69) is 0 Å². The molecule has 2 nitrogen and oxygen atoms in total. The molecule has 3 unspecified atom stereocenters. The van der Waals surface area contributed by atoms with Crippen molar-refractivity contribution < 1.29 is 9.13 Å². The van der Waals surface area contributed by atoms with Gasteiger partial charge in [0, 0.05) is 5.41 Å². The van der Waals surface area contributed by atoms with E-state index in [1.54, 1.807) is 11.8 Å². The molecule has 0 N–H and O–H groups in total. The van der Waals surface area contributed by atoms with Crippen LogP contribution in [0.25, 0.3) is 0 Å². The van der Waals surface area contributed by atoms with Crippen molar-refractivity contribution in [3.8, 4) is 0 Å². The molecule has 5 heteroatoms. The second-order valence-electron chi connectivity index (χ2n) is 1.68. The molecule has 0 aromatic carbocycles. The van der Waals surface area contributed by atoms with Gasteiger partial charge in [-0.25, -0.2) is 0 Å². The van der Waals surface area contributed by atoms with E-state index in [0.717, 1.165) is 11.1 Å². The summed E-state index contributed by atoms with van der Waals surface area (Å²) in [5.41, 5.74) is 0.0748. The quantitative estimate of drug-likeness (QED) is 0.609. The molecule has 0 fully saturated rings. The van der Waals surface area contributed by atoms with Crippen LogP contribution in [-0.4, -0.2) is 11.4 Å². The Morgan fingerprint density at radius 1 is 1.67 bits per heavy atom. The fraction of sp³-hybridized carbons (Fsp3) is 0.500. The first kappa shape index (κ1) is 7.40. The van der Waals surface area contributed by atoms with Gasteiger partial charge >= 0.3 is 16.9 Å². The van der Waals surface area contributed by atoms with Crippen molar-refractivity contribution in [1.82, 2.24) is 0 Å². The molecular weight excluding hydrogens is 174 g/mol. The minimum Gasteiger partial charge on any atom is -0.124 e. The van der Waals surface area contributed by atoms with Gasteiger partial charge in [0.25, 0.3) is 0 Å². The molecule has 0 saturated heterocycles. The first-order valence-corrected chi connectivity index (χ1v) is 5.40. The van der Waals surface area contributed by atoms with Crippen molar-refractivity contribution in [1.29, 1.82) is 0 Å². The smallest absolute Gasteiger partial charge is 0.124 e. The number of hydrogen-bond donors (Lipinski definition) is 0. The average Bonchev–Trinajstić information content (AvgIpc) is 2.33. The van der Waals surface area contributed by atoms with Gasteiger partial charge in [0.1, 0.15) is 0 Å². The number of rotatable bonds is 2. The lowest BCUT2D eigenvalue weighted by molar-refractivity contribution is 0.593. The van der Waals surface area contributed by atoms with Crippen LogP contribution in [0.2, 0.25) is 0 Å². The summed E-state index contributed by atoms with van der Waals surface area (Å²) in [5.74, 6) is 0.840. The highest BCUT2D eigenvalue weighted by atomic mass is 32.2. The van der Waals surface area contributed by atoms with E-state index in [4.69, 9.17) is 0 Å². The summed E-state index contributed by atoms with van der Waals surface area (Å²) in [7, 11) is -0.738. The van der Waals surface area contributed by atoms with E-state index >= 15 is 0 Å². The largest absolute Gasteiger partial charge is 0.364 e. The Morgan fingerprint density at radius 3 is 2.89 bits per heavy atom. The van der Waals surface area contributed by atoms with Gasteiger partial charge in [-0.3, -0.25) is 0 Å². The Balaban J connectivity index is 2.67. The molecule has 3 atom stereocenters. The Kier molecular flexibility index (Phi) is 2.84. The molecule has 1 heterocycles. The summed E-state index contributed by atoms with van der Waals surface area (Å²) in [6.07, 6.45) is 0. The van der Waals surface area contributed by atoms with Crippen LogP contribution in [0, 0.1) is 0 Å². The van der Waals surface area contributed by atoms with E-state index in [0.29, 0.717) is 0 Å². The Hall–Kier alpha value is 0.290. The monoisotopic (exact) mass is 180 g/mol. The van der Waals surface area contributed by atoms with E-state index in [-0.39, 0.29) is 14.1 Å². The predicted octanol–water partition coefficient (Wildman–Crippen LogP) is 1.99. The summed E-state index contributed by atoms with van der Waals surface area (Å²) in [6.45, 7) is 0. The van der Waals surface area contributed by atoms with Gasteiger partial charge in [-0.05, 0) is 0 Å². The van der Waals surface area contributed by atoms with Gasteiger partial charge < -0.3 is 0 Å².